The molecule has 0 aliphatic carbocycles. The van der Waals surface area contributed by atoms with Gasteiger partial charge in [0.1, 0.15) is 0 Å². The van der Waals surface area contributed by atoms with Crippen molar-refractivity contribution < 1.29 is 0 Å². The van der Waals surface area contributed by atoms with Crippen LogP contribution in [0.4, 0.5) is 5.95 Å². The molecule has 2 aromatic rings. The van der Waals surface area contributed by atoms with Gasteiger partial charge < -0.3 is 4.90 Å². The third-order valence-electron chi connectivity index (χ3n) is 5.20. The molecule has 4 rings (SSSR count). The Kier molecular flexibility index (Phi) is 4.48. The Balaban J connectivity index is 1.48. The van der Waals surface area contributed by atoms with E-state index in [1.165, 1.54) is 12.8 Å². The first-order valence-electron chi connectivity index (χ1n) is 9.04. The standard InChI is InChI=1S/C18H24N6O/c1-13-16(20-6-5-19-13)12-23-9-4-14(11-23)15-10-17(25)22-18(21-15)24-7-2-3-8-24/h5-6,10,14H,2-4,7-9,11-12H2,1H3,(H,21,22,25). The second-order valence-corrected chi connectivity index (χ2v) is 7.00. The molecule has 2 saturated heterocycles. The second kappa shape index (κ2) is 6.92. The molecule has 1 unspecified atom stereocenters. The maximum Gasteiger partial charge on any atom is 0.252 e. The normalized spacial score (nSPS) is 21.2. The summed E-state index contributed by atoms with van der Waals surface area (Å²) in [7, 11) is 0. The molecule has 2 aliphatic heterocycles. The van der Waals surface area contributed by atoms with Crippen LogP contribution in [-0.2, 0) is 6.54 Å². The molecular weight excluding hydrogens is 316 g/mol. The summed E-state index contributed by atoms with van der Waals surface area (Å²) < 4.78 is 0. The van der Waals surface area contributed by atoms with Crippen LogP contribution in [0, 0.1) is 6.92 Å². The van der Waals surface area contributed by atoms with E-state index in [1.54, 1.807) is 18.5 Å². The van der Waals surface area contributed by atoms with Crippen molar-refractivity contribution in [3.8, 4) is 0 Å². The summed E-state index contributed by atoms with van der Waals surface area (Å²) in [5.41, 5.74) is 2.88. The van der Waals surface area contributed by atoms with Gasteiger partial charge >= 0.3 is 0 Å². The first kappa shape index (κ1) is 16.2. The molecule has 0 bridgehead atoms. The van der Waals surface area contributed by atoms with Gasteiger partial charge in [-0.15, -0.1) is 0 Å². The molecule has 7 heteroatoms. The molecular formula is C18H24N6O. The van der Waals surface area contributed by atoms with Crippen LogP contribution in [0.1, 0.15) is 42.3 Å². The molecule has 1 atom stereocenters. The maximum absolute atomic E-state index is 12.1. The molecule has 1 N–H and O–H groups in total. The molecule has 7 nitrogen and oxygen atoms in total. The molecule has 0 radical (unpaired) electrons. The van der Waals surface area contributed by atoms with Crippen LogP contribution < -0.4 is 10.5 Å². The first-order valence-corrected chi connectivity index (χ1v) is 9.04. The van der Waals surface area contributed by atoms with E-state index in [-0.39, 0.29) is 5.56 Å². The zero-order chi connectivity index (χ0) is 17.2. The molecule has 25 heavy (non-hydrogen) atoms. The number of hydrogen-bond donors (Lipinski definition) is 1. The third kappa shape index (κ3) is 3.56. The zero-order valence-corrected chi connectivity index (χ0v) is 14.6. The summed E-state index contributed by atoms with van der Waals surface area (Å²) in [6.45, 7) is 6.67. The van der Waals surface area contributed by atoms with Crippen molar-refractivity contribution in [1.29, 1.82) is 0 Å². The quantitative estimate of drug-likeness (QED) is 0.908. The van der Waals surface area contributed by atoms with E-state index >= 15 is 0 Å². The summed E-state index contributed by atoms with van der Waals surface area (Å²) in [6, 6.07) is 1.67. The third-order valence-corrected chi connectivity index (χ3v) is 5.20. The van der Waals surface area contributed by atoms with Gasteiger partial charge in [0.05, 0.1) is 17.1 Å². The number of anilines is 1. The van der Waals surface area contributed by atoms with Gasteiger partial charge in [0, 0.05) is 50.6 Å². The number of aromatic amines is 1. The average molecular weight is 340 g/mol. The van der Waals surface area contributed by atoms with Crippen molar-refractivity contribution in [2.45, 2.75) is 38.6 Å². The lowest BCUT2D eigenvalue weighted by atomic mass is 10.1. The van der Waals surface area contributed by atoms with Crippen molar-refractivity contribution in [2.24, 2.45) is 0 Å². The number of nitrogens with one attached hydrogen (secondary N) is 1. The highest BCUT2D eigenvalue weighted by molar-refractivity contribution is 5.32. The summed E-state index contributed by atoms with van der Waals surface area (Å²) in [5.74, 6) is 1.05. The van der Waals surface area contributed by atoms with Crippen molar-refractivity contribution >= 4 is 5.95 Å². The highest BCUT2D eigenvalue weighted by Gasteiger charge is 2.27. The van der Waals surface area contributed by atoms with Gasteiger partial charge in [0.2, 0.25) is 5.95 Å². The number of H-pyrrole nitrogens is 1. The van der Waals surface area contributed by atoms with Crippen molar-refractivity contribution in [3.05, 3.63) is 45.9 Å². The van der Waals surface area contributed by atoms with E-state index in [1.807, 2.05) is 6.92 Å². The lowest BCUT2D eigenvalue weighted by molar-refractivity contribution is 0.321. The Hall–Kier alpha value is -2.28. The number of likely N-dealkylation sites (tertiary alicyclic amines) is 1. The average Bonchev–Trinajstić information content (AvgIpc) is 3.28. The number of aryl methyl sites for hydroxylation is 1. The fraction of sp³-hybridized carbons (Fsp3) is 0.556. The zero-order valence-electron chi connectivity index (χ0n) is 14.6. The molecule has 132 valence electrons. The minimum Gasteiger partial charge on any atom is -0.342 e. The summed E-state index contributed by atoms with van der Waals surface area (Å²) in [5, 5.41) is 0. The van der Waals surface area contributed by atoms with Crippen LogP contribution in [0.3, 0.4) is 0 Å². The Labute approximate surface area is 147 Å². The molecule has 0 saturated carbocycles. The predicted molar refractivity (Wildman–Crippen MR) is 95.7 cm³/mol. The number of nitrogens with zero attached hydrogens (tertiary/aromatic N) is 5. The van der Waals surface area contributed by atoms with Crippen LogP contribution in [-0.4, -0.2) is 51.0 Å². The largest absolute Gasteiger partial charge is 0.342 e. The van der Waals surface area contributed by atoms with Crippen molar-refractivity contribution in [2.75, 3.05) is 31.1 Å². The minimum absolute atomic E-state index is 0.0462. The summed E-state index contributed by atoms with van der Waals surface area (Å²) in [6.07, 6.45) is 6.84. The van der Waals surface area contributed by atoms with Crippen LogP contribution in [0.5, 0.6) is 0 Å². The Morgan fingerprint density at radius 2 is 2.00 bits per heavy atom. The lowest BCUT2D eigenvalue weighted by Crippen LogP contribution is -2.25. The lowest BCUT2D eigenvalue weighted by Gasteiger charge is -2.18. The SMILES string of the molecule is Cc1nccnc1CN1CCC(c2cc(=O)[nH]c(N3CCCC3)n2)C1. The van der Waals surface area contributed by atoms with E-state index in [4.69, 9.17) is 4.98 Å². The van der Waals surface area contributed by atoms with Crippen molar-refractivity contribution in [3.63, 3.8) is 0 Å². The molecule has 0 amide bonds. The van der Waals surface area contributed by atoms with E-state index in [0.717, 1.165) is 62.2 Å². The van der Waals surface area contributed by atoms with Gasteiger partial charge in [-0.05, 0) is 32.7 Å². The summed E-state index contributed by atoms with van der Waals surface area (Å²) >= 11 is 0. The van der Waals surface area contributed by atoms with E-state index in [2.05, 4.69) is 24.8 Å². The molecule has 0 spiro atoms. The van der Waals surface area contributed by atoms with E-state index in [0.29, 0.717) is 5.92 Å². The van der Waals surface area contributed by atoms with Gasteiger partial charge in [0.15, 0.2) is 0 Å². The van der Waals surface area contributed by atoms with Crippen LogP contribution in [0.2, 0.25) is 0 Å². The van der Waals surface area contributed by atoms with Crippen LogP contribution >= 0.6 is 0 Å². The molecule has 2 aliphatic rings. The Bertz CT molecular complexity index is 798. The monoisotopic (exact) mass is 340 g/mol. The topological polar surface area (TPSA) is 78.0 Å². The van der Waals surface area contributed by atoms with Crippen molar-refractivity contribution in [1.82, 2.24) is 24.8 Å². The minimum atomic E-state index is -0.0462. The van der Waals surface area contributed by atoms with Gasteiger partial charge in [-0.3, -0.25) is 24.6 Å². The van der Waals surface area contributed by atoms with Gasteiger partial charge in [-0.1, -0.05) is 0 Å². The second-order valence-electron chi connectivity index (χ2n) is 7.00. The van der Waals surface area contributed by atoms with Crippen LogP contribution in [0.15, 0.2) is 23.3 Å². The van der Waals surface area contributed by atoms with E-state index in [9.17, 15) is 4.79 Å². The molecule has 2 aromatic heterocycles. The number of hydrogen-bond acceptors (Lipinski definition) is 6. The van der Waals surface area contributed by atoms with Crippen LogP contribution in [0.25, 0.3) is 0 Å². The van der Waals surface area contributed by atoms with E-state index < -0.39 is 0 Å². The van der Waals surface area contributed by atoms with Gasteiger partial charge in [-0.25, -0.2) is 4.98 Å². The number of aromatic nitrogens is 4. The smallest absolute Gasteiger partial charge is 0.252 e. The highest BCUT2D eigenvalue weighted by atomic mass is 16.1. The van der Waals surface area contributed by atoms with Gasteiger partial charge in [-0.2, -0.15) is 0 Å². The highest BCUT2D eigenvalue weighted by Crippen LogP contribution is 2.27. The molecule has 2 fully saturated rings. The summed E-state index contributed by atoms with van der Waals surface area (Å²) in [4.78, 5) is 33.1. The maximum atomic E-state index is 12.1. The molecule has 4 heterocycles. The Morgan fingerprint density at radius 1 is 1.20 bits per heavy atom. The fourth-order valence-electron chi connectivity index (χ4n) is 3.77. The first-order chi connectivity index (χ1) is 12.2. The number of rotatable bonds is 4. The predicted octanol–water partition coefficient (Wildman–Crippen LogP) is 1.46. The Morgan fingerprint density at radius 3 is 2.80 bits per heavy atom. The molecule has 0 aromatic carbocycles. The fourth-order valence-corrected chi connectivity index (χ4v) is 3.77. The van der Waals surface area contributed by atoms with Gasteiger partial charge in [0.25, 0.3) is 5.56 Å².